The maximum atomic E-state index is 10.5. The molecule has 1 fully saturated rings. The Kier molecular flexibility index (Phi) is 2.56. The number of hydrogen-bond donors (Lipinski definition) is 1. The maximum Gasteiger partial charge on any atom is 0.329 e. The van der Waals surface area contributed by atoms with Crippen molar-refractivity contribution >= 4 is 17.4 Å². The van der Waals surface area contributed by atoms with E-state index in [2.05, 4.69) is 20.6 Å². The highest BCUT2D eigenvalue weighted by atomic mass is 16.5. The van der Waals surface area contributed by atoms with Gasteiger partial charge < -0.3 is 14.7 Å². The maximum absolute atomic E-state index is 10.5. The van der Waals surface area contributed by atoms with E-state index >= 15 is 0 Å². The number of anilines is 1. The van der Waals surface area contributed by atoms with Crippen LogP contribution >= 0.6 is 0 Å². The second-order valence-electron chi connectivity index (χ2n) is 4.71. The van der Waals surface area contributed by atoms with Gasteiger partial charge in [0, 0.05) is 0 Å². The molecule has 0 atom stereocenters. The van der Waals surface area contributed by atoms with Crippen molar-refractivity contribution in [3.8, 4) is 0 Å². The molecule has 1 N–H and O–H groups in total. The number of nitrogens with zero attached hydrogens (tertiary/aromatic N) is 6. The minimum absolute atomic E-state index is 0.288. The first-order chi connectivity index (χ1) is 9.06. The fourth-order valence-electron chi connectivity index (χ4n) is 2.06. The van der Waals surface area contributed by atoms with Crippen LogP contribution in [0.3, 0.4) is 0 Å². The number of tetrazole rings is 1. The number of aromatic nitrogens is 5. The van der Waals surface area contributed by atoms with Crippen molar-refractivity contribution in [1.29, 1.82) is 0 Å². The molecule has 3 heterocycles. The van der Waals surface area contributed by atoms with E-state index in [0.717, 1.165) is 5.82 Å². The highest BCUT2D eigenvalue weighted by Gasteiger charge is 2.41. The van der Waals surface area contributed by atoms with Gasteiger partial charge in [-0.15, -0.1) is 14.8 Å². The average molecular weight is 264 g/mol. The van der Waals surface area contributed by atoms with Gasteiger partial charge in [0.15, 0.2) is 11.5 Å². The van der Waals surface area contributed by atoms with Crippen molar-refractivity contribution in [2.24, 2.45) is 0 Å². The Bertz CT molecular complexity index is 621. The molecule has 0 saturated carbocycles. The van der Waals surface area contributed by atoms with Gasteiger partial charge in [0.05, 0.1) is 13.1 Å². The van der Waals surface area contributed by atoms with E-state index in [4.69, 9.17) is 9.84 Å². The summed E-state index contributed by atoms with van der Waals surface area (Å²) in [6.07, 6.45) is 0. The second kappa shape index (κ2) is 4.12. The second-order valence-corrected chi connectivity index (χ2v) is 4.71. The van der Waals surface area contributed by atoms with Crippen molar-refractivity contribution in [2.75, 3.05) is 24.6 Å². The van der Waals surface area contributed by atoms with Gasteiger partial charge in [-0.2, -0.15) is 0 Å². The van der Waals surface area contributed by atoms with E-state index in [1.54, 1.807) is 6.07 Å². The van der Waals surface area contributed by atoms with Crippen molar-refractivity contribution in [1.82, 2.24) is 25.3 Å². The largest absolute Gasteiger partial charge is 0.480 e. The molecule has 0 unspecified atom stereocenters. The monoisotopic (exact) mass is 264 g/mol. The van der Waals surface area contributed by atoms with Gasteiger partial charge in [0.25, 0.3) is 0 Å². The molecule has 1 aliphatic rings. The van der Waals surface area contributed by atoms with Gasteiger partial charge in [-0.3, -0.25) is 0 Å². The predicted octanol–water partition coefficient (Wildman–Crippen LogP) is -0.801. The molecule has 2 aromatic heterocycles. The number of hydrogen-bond acceptors (Lipinski definition) is 7. The van der Waals surface area contributed by atoms with E-state index in [1.807, 2.05) is 17.9 Å². The summed E-state index contributed by atoms with van der Waals surface area (Å²) in [5.74, 6) is -0.232. The molecule has 9 heteroatoms. The Labute approximate surface area is 107 Å². The first-order valence-electron chi connectivity index (χ1n) is 5.72. The first-order valence-corrected chi connectivity index (χ1v) is 5.72. The van der Waals surface area contributed by atoms with E-state index < -0.39 is 11.6 Å². The van der Waals surface area contributed by atoms with Gasteiger partial charge in [-0.05, 0) is 29.5 Å². The molecule has 1 aliphatic heterocycles. The van der Waals surface area contributed by atoms with Crippen LogP contribution in [0.2, 0.25) is 0 Å². The van der Waals surface area contributed by atoms with Crippen LogP contribution in [0.4, 0.5) is 5.82 Å². The Hall–Kier alpha value is -2.29. The molecule has 19 heavy (non-hydrogen) atoms. The summed E-state index contributed by atoms with van der Waals surface area (Å²) in [7, 11) is 0. The lowest BCUT2D eigenvalue weighted by Crippen LogP contribution is -2.62. The van der Waals surface area contributed by atoms with Crippen LogP contribution in [0.1, 0.15) is 6.92 Å². The van der Waals surface area contributed by atoms with E-state index in [-0.39, 0.29) is 6.61 Å². The Balaban J connectivity index is 1.67. The molecule has 0 spiro atoms. The number of carboxylic acids is 1. The average Bonchev–Trinajstić information content (AvgIpc) is 2.80. The van der Waals surface area contributed by atoms with Gasteiger partial charge in [0.1, 0.15) is 12.2 Å². The molecular formula is C10H12N6O3. The third-order valence-electron chi connectivity index (χ3n) is 2.97. The molecule has 100 valence electrons. The van der Waals surface area contributed by atoms with Gasteiger partial charge >= 0.3 is 5.97 Å². The van der Waals surface area contributed by atoms with E-state index in [0.29, 0.717) is 18.7 Å². The minimum atomic E-state index is -0.965. The van der Waals surface area contributed by atoms with Crippen LogP contribution in [0.5, 0.6) is 0 Å². The molecule has 9 nitrogen and oxygen atoms in total. The zero-order valence-corrected chi connectivity index (χ0v) is 10.2. The number of fused-ring (bicyclic) bond motifs is 1. The minimum Gasteiger partial charge on any atom is -0.480 e. The van der Waals surface area contributed by atoms with Crippen molar-refractivity contribution in [2.45, 2.75) is 12.5 Å². The molecular weight excluding hydrogens is 252 g/mol. The molecule has 0 aromatic carbocycles. The highest BCUT2D eigenvalue weighted by Crippen LogP contribution is 2.28. The lowest BCUT2D eigenvalue weighted by atomic mass is 9.96. The van der Waals surface area contributed by atoms with Crippen LogP contribution in [0, 0.1) is 0 Å². The van der Waals surface area contributed by atoms with Crippen LogP contribution in [-0.2, 0) is 9.53 Å². The number of carbonyl (C=O) groups is 1. The lowest BCUT2D eigenvalue weighted by molar-refractivity contribution is -0.150. The fourth-order valence-corrected chi connectivity index (χ4v) is 2.06. The summed E-state index contributed by atoms with van der Waals surface area (Å²) in [6.45, 7) is 2.76. The molecule has 0 bridgehead atoms. The normalized spacial score (nSPS) is 17.4. The summed E-state index contributed by atoms with van der Waals surface area (Å²) in [5, 5.41) is 23.9. The van der Waals surface area contributed by atoms with Gasteiger partial charge in [-0.1, -0.05) is 0 Å². The quantitative estimate of drug-likeness (QED) is 0.765. The summed E-state index contributed by atoms with van der Waals surface area (Å²) in [6, 6.07) is 3.60. The number of rotatable bonds is 4. The van der Waals surface area contributed by atoms with Crippen LogP contribution in [0.15, 0.2) is 12.1 Å². The van der Waals surface area contributed by atoms with E-state index in [1.165, 1.54) is 4.63 Å². The lowest BCUT2D eigenvalue weighted by Gasteiger charge is -2.47. The third kappa shape index (κ3) is 2.19. The fraction of sp³-hybridized carbons (Fsp3) is 0.500. The Morgan fingerprint density at radius 2 is 2.32 bits per heavy atom. The third-order valence-corrected chi connectivity index (χ3v) is 2.97. The summed E-state index contributed by atoms with van der Waals surface area (Å²) in [5.41, 5.74) is 0.129. The predicted molar refractivity (Wildman–Crippen MR) is 62.8 cm³/mol. The Morgan fingerprint density at radius 1 is 1.53 bits per heavy atom. The first kappa shape index (κ1) is 11.8. The van der Waals surface area contributed by atoms with Crippen molar-refractivity contribution in [3.63, 3.8) is 0 Å². The molecule has 0 amide bonds. The highest BCUT2D eigenvalue weighted by molar-refractivity contribution is 5.68. The van der Waals surface area contributed by atoms with Gasteiger partial charge in [0.2, 0.25) is 0 Å². The van der Waals surface area contributed by atoms with Crippen LogP contribution in [0.25, 0.3) is 5.65 Å². The number of carboxylic acid groups (broad SMARTS) is 1. The Morgan fingerprint density at radius 3 is 3.05 bits per heavy atom. The van der Waals surface area contributed by atoms with Crippen molar-refractivity contribution in [3.05, 3.63) is 12.1 Å². The standard InChI is InChI=1S/C10H12N6O3/c1-10(19-4-9(17)18)5-15(6-10)8-3-2-7-11-13-14-16(7)12-8/h2-3H,4-6H2,1H3,(H,17,18). The zero-order chi connectivity index (χ0) is 13.5. The number of ether oxygens (including phenoxy) is 1. The summed E-state index contributed by atoms with van der Waals surface area (Å²) in [4.78, 5) is 12.5. The SMILES string of the molecule is CC1(OCC(=O)O)CN(c2ccc3nnnn3n2)C1. The topological polar surface area (TPSA) is 106 Å². The van der Waals surface area contributed by atoms with E-state index in [9.17, 15) is 4.79 Å². The zero-order valence-electron chi connectivity index (χ0n) is 10.2. The van der Waals surface area contributed by atoms with Gasteiger partial charge in [-0.25, -0.2) is 4.79 Å². The van der Waals surface area contributed by atoms with Crippen LogP contribution < -0.4 is 4.90 Å². The number of aliphatic carboxylic acids is 1. The molecule has 2 aromatic rings. The molecule has 0 radical (unpaired) electrons. The summed E-state index contributed by atoms with van der Waals surface area (Å²) < 4.78 is 6.69. The molecule has 1 saturated heterocycles. The summed E-state index contributed by atoms with van der Waals surface area (Å²) >= 11 is 0. The molecule has 3 rings (SSSR count). The smallest absolute Gasteiger partial charge is 0.329 e. The van der Waals surface area contributed by atoms with Crippen LogP contribution in [-0.4, -0.2) is 61.6 Å². The van der Waals surface area contributed by atoms with Crippen molar-refractivity contribution < 1.29 is 14.6 Å². The molecule has 0 aliphatic carbocycles.